The molecule has 5 heteroatoms. The molecule has 0 fully saturated rings. The van der Waals surface area contributed by atoms with Crippen LogP contribution in [0.25, 0.3) is 0 Å². The Morgan fingerprint density at radius 2 is 1.94 bits per heavy atom. The van der Waals surface area contributed by atoms with Crippen molar-refractivity contribution in [2.24, 2.45) is 0 Å². The molecule has 1 aromatic heterocycles. The van der Waals surface area contributed by atoms with Crippen molar-refractivity contribution >= 4 is 17.3 Å². The Labute approximate surface area is 106 Å². The molecule has 2 rings (SSSR count). The van der Waals surface area contributed by atoms with Gasteiger partial charge in [-0.15, -0.1) is 0 Å². The average Bonchev–Trinajstić information content (AvgIpc) is 2.38. The Balaban J connectivity index is 2.36. The molecular weight excluding hydrogens is 226 g/mol. The third-order valence-corrected chi connectivity index (χ3v) is 2.50. The van der Waals surface area contributed by atoms with Gasteiger partial charge in [-0.05, 0) is 19.1 Å². The monoisotopic (exact) mass is 239 g/mol. The van der Waals surface area contributed by atoms with Crippen LogP contribution in [0.15, 0.2) is 36.4 Å². The van der Waals surface area contributed by atoms with Crippen LogP contribution < -0.4 is 10.2 Å². The SMILES string of the molecule is Cc1nc(NC#N)cc(N(C)c2ccccc2)n1. The molecule has 18 heavy (non-hydrogen) atoms. The van der Waals surface area contributed by atoms with Crippen molar-refractivity contribution in [2.75, 3.05) is 17.3 Å². The van der Waals surface area contributed by atoms with Gasteiger partial charge in [0.05, 0.1) is 0 Å². The van der Waals surface area contributed by atoms with Crippen molar-refractivity contribution < 1.29 is 0 Å². The van der Waals surface area contributed by atoms with Gasteiger partial charge in [0.25, 0.3) is 0 Å². The summed E-state index contributed by atoms with van der Waals surface area (Å²) in [6, 6.07) is 11.6. The number of hydrogen-bond acceptors (Lipinski definition) is 5. The van der Waals surface area contributed by atoms with E-state index in [1.165, 1.54) is 0 Å². The van der Waals surface area contributed by atoms with E-state index in [0.29, 0.717) is 11.6 Å². The fraction of sp³-hybridized carbons (Fsp3) is 0.154. The van der Waals surface area contributed by atoms with Crippen molar-refractivity contribution in [3.8, 4) is 6.19 Å². The molecule has 0 aliphatic carbocycles. The smallest absolute Gasteiger partial charge is 0.182 e. The highest BCUT2D eigenvalue weighted by Crippen LogP contribution is 2.22. The van der Waals surface area contributed by atoms with Gasteiger partial charge in [0.1, 0.15) is 17.5 Å². The number of hydrogen-bond donors (Lipinski definition) is 1. The van der Waals surface area contributed by atoms with Crippen LogP contribution in [0.1, 0.15) is 5.82 Å². The molecule has 0 aliphatic rings. The van der Waals surface area contributed by atoms with E-state index in [1.54, 1.807) is 13.0 Å². The molecule has 1 N–H and O–H groups in total. The maximum atomic E-state index is 8.62. The van der Waals surface area contributed by atoms with E-state index in [2.05, 4.69) is 15.3 Å². The van der Waals surface area contributed by atoms with Crippen LogP contribution in [0.4, 0.5) is 17.3 Å². The topological polar surface area (TPSA) is 64.8 Å². The fourth-order valence-corrected chi connectivity index (χ4v) is 1.63. The molecule has 90 valence electrons. The zero-order valence-electron chi connectivity index (χ0n) is 10.3. The number of nitriles is 1. The Kier molecular flexibility index (Phi) is 3.39. The van der Waals surface area contributed by atoms with Gasteiger partial charge in [-0.25, -0.2) is 9.97 Å². The van der Waals surface area contributed by atoms with Gasteiger partial charge in [0.15, 0.2) is 6.19 Å². The van der Waals surface area contributed by atoms with Crippen molar-refractivity contribution in [1.82, 2.24) is 9.97 Å². The normalized spacial score (nSPS) is 9.61. The Morgan fingerprint density at radius 3 is 2.61 bits per heavy atom. The van der Waals surface area contributed by atoms with Crippen molar-refractivity contribution in [3.05, 3.63) is 42.2 Å². The van der Waals surface area contributed by atoms with Crippen LogP contribution in [-0.4, -0.2) is 17.0 Å². The minimum absolute atomic E-state index is 0.503. The van der Waals surface area contributed by atoms with Crippen LogP contribution in [0.2, 0.25) is 0 Å². The number of anilines is 3. The molecule has 0 amide bonds. The second kappa shape index (κ2) is 5.15. The molecule has 0 atom stereocenters. The third kappa shape index (κ3) is 2.55. The van der Waals surface area contributed by atoms with Gasteiger partial charge in [-0.3, -0.25) is 5.32 Å². The second-order valence-corrected chi connectivity index (χ2v) is 3.79. The van der Waals surface area contributed by atoms with Gasteiger partial charge < -0.3 is 4.90 Å². The molecule has 0 bridgehead atoms. The molecule has 1 aromatic carbocycles. The Bertz CT molecular complexity index is 574. The van der Waals surface area contributed by atoms with E-state index in [1.807, 2.05) is 48.5 Å². The second-order valence-electron chi connectivity index (χ2n) is 3.79. The Morgan fingerprint density at radius 1 is 1.22 bits per heavy atom. The summed E-state index contributed by atoms with van der Waals surface area (Å²) in [6.07, 6.45) is 1.86. The predicted octanol–water partition coefficient (Wildman–Crippen LogP) is 2.45. The number of benzene rings is 1. The Hall–Kier alpha value is -2.61. The quantitative estimate of drug-likeness (QED) is 0.658. The molecule has 5 nitrogen and oxygen atoms in total. The molecule has 0 radical (unpaired) electrons. The van der Waals surface area contributed by atoms with Gasteiger partial charge in [-0.2, -0.15) is 5.26 Å². The lowest BCUT2D eigenvalue weighted by Crippen LogP contribution is -2.12. The summed E-state index contributed by atoms with van der Waals surface area (Å²) in [5, 5.41) is 11.1. The maximum Gasteiger partial charge on any atom is 0.182 e. The van der Waals surface area contributed by atoms with Gasteiger partial charge in [0, 0.05) is 18.8 Å². The zero-order chi connectivity index (χ0) is 13.0. The van der Waals surface area contributed by atoms with Gasteiger partial charge in [0.2, 0.25) is 0 Å². The number of para-hydroxylation sites is 1. The van der Waals surface area contributed by atoms with Crippen molar-refractivity contribution in [3.63, 3.8) is 0 Å². The summed E-state index contributed by atoms with van der Waals surface area (Å²) < 4.78 is 0. The summed E-state index contributed by atoms with van der Waals surface area (Å²) in [5.41, 5.74) is 1.03. The standard InChI is InChI=1S/C13H13N5/c1-10-16-12(15-9-14)8-13(17-10)18(2)11-6-4-3-5-7-11/h3-8H,1-2H3,(H,15,16,17). The number of aromatic nitrogens is 2. The molecular formula is C13H13N5. The van der Waals surface area contributed by atoms with Crippen LogP contribution >= 0.6 is 0 Å². The van der Waals surface area contributed by atoms with Crippen LogP contribution in [0, 0.1) is 18.4 Å². The molecule has 2 aromatic rings. The maximum absolute atomic E-state index is 8.62. The zero-order valence-corrected chi connectivity index (χ0v) is 10.3. The number of nitrogens with one attached hydrogen (secondary N) is 1. The summed E-state index contributed by atoms with van der Waals surface area (Å²) in [4.78, 5) is 10.4. The fourth-order valence-electron chi connectivity index (χ4n) is 1.63. The van der Waals surface area contributed by atoms with Gasteiger partial charge >= 0.3 is 0 Å². The highest BCUT2D eigenvalue weighted by Gasteiger charge is 2.07. The van der Waals surface area contributed by atoms with Crippen LogP contribution in [-0.2, 0) is 0 Å². The van der Waals surface area contributed by atoms with Gasteiger partial charge in [-0.1, -0.05) is 18.2 Å². The van der Waals surface area contributed by atoms with E-state index in [0.717, 1.165) is 11.5 Å². The first-order chi connectivity index (χ1) is 8.70. The summed E-state index contributed by atoms with van der Waals surface area (Å²) in [5.74, 6) is 1.86. The van der Waals surface area contributed by atoms with E-state index < -0.39 is 0 Å². The highest BCUT2D eigenvalue weighted by molar-refractivity contribution is 5.62. The molecule has 0 saturated carbocycles. The minimum atomic E-state index is 0.503. The molecule has 0 saturated heterocycles. The first-order valence-corrected chi connectivity index (χ1v) is 5.50. The molecule has 0 aliphatic heterocycles. The van der Waals surface area contributed by atoms with Crippen LogP contribution in [0.5, 0.6) is 0 Å². The lowest BCUT2D eigenvalue weighted by Gasteiger charge is -2.18. The summed E-state index contributed by atoms with van der Waals surface area (Å²) in [6.45, 7) is 1.80. The van der Waals surface area contributed by atoms with Crippen LogP contribution in [0.3, 0.4) is 0 Å². The number of nitrogens with zero attached hydrogens (tertiary/aromatic N) is 4. The third-order valence-electron chi connectivity index (χ3n) is 2.50. The van der Waals surface area contributed by atoms with Crippen molar-refractivity contribution in [2.45, 2.75) is 6.92 Å². The molecule has 0 unspecified atom stereocenters. The van der Waals surface area contributed by atoms with Crippen molar-refractivity contribution in [1.29, 1.82) is 5.26 Å². The van der Waals surface area contributed by atoms with E-state index in [-0.39, 0.29) is 0 Å². The highest BCUT2D eigenvalue weighted by atomic mass is 15.2. The first-order valence-electron chi connectivity index (χ1n) is 5.50. The first kappa shape index (κ1) is 11.9. The minimum Gasteiger partial charge on any atom is -0.329 e. The van der Waals surface area contributed by atoms with E-state index in [9.17, 15) is 0 Å². The lowest BCUT2D eigenvalue weighted by atomic mass is 10.3. The van der Waals surface area contributed by atoms with E-state index in [4.69, 9.17) is 5.26 Å². The molecule has 1 heterocycles. The summed E-state index contributed by atoms with van der Waals surface area (Å²) >= 11 is 0. The van der Waals surface area contributed by atoms with E-state index >= 15 is 0 Å². The molecule has 0 spiro atoms. The predicted molar refractivity (Wildman–Crippen MR) is 70.5 cm³/mol. The average molecular weight is 239 g/mol. The largest absolute Gasteiger partial charge is 0.329 e. The lowest BCUT2D eigenvalue weighted by molar-refractivity contribution is 1.02. The summed E-state index contributed by atoms with van der Waals surface area (Å²) in [7, 11) is 1.92. The number of rotatable bonds is 3. The number of aryl methyl sites for hydroxylation is 1.